The third-order valence-corrected chi connectivity index (χ3v) is 7.50. The number of alkyl halides is 3. The van der Waals surface area contributed by atoms with Crippen molar-refractivity contribution in [2.24, 2.45) is 0 Å². The maximum absolute atomic E-state index is 15.1. The number of halogens is 4. The maximum Gasteiger partial charge on any atom is 0.416 e. The number of amides is 1. The molecular formula is C36H38F4N4O2S. The number of rotatable bonds is 13. The SMILES string of the molecule is [2H]C([2H])(Sc1nc(=O)c2c(n1C([2H])([2H])C(=O)N(C([2H])([2H])c1ccc(-c3ccc(C(F)(F)F)cc3)cc1)C([2H])([2H])C([2H])([2H])N(CC)CC)C([2H])([2H])C([2H])([2H])C2([2H])[2H])c1ccc(F)cc1. The summed E-state index contributed by atoms with van der Waals surface area (Å²) in [5.41, 5.74) is -9.17. The monoisotopic (exact) mass is 682 g/mol. The summed E-state index contributed by atoms with van der Waals surface area (Å²) in [6, 6.07) is 11.6. The van der Waals surface area contributed by atoms with E-state index in [0.717, 1.165) is 65.6 Å². The second-order valence-corrected chi connectivity index (χ2v) is 10.5. The van der Waals surface area contributed by atoms with E-state index in [1.54, 1.807) is 0 Å². The van der Waals surface area contributed by atoms with Crippen molar-refractivity contribution in [1.29, 1.82) is 0 Å². The molecule has 0 radical (unpaired) electrons. The number of hydrogen-bond donors (Lipinski definition) is 0. The van der Waals surface area contributed by atoms with E-state index >= 15 is 4.79 Å². The Morgan fingerprint density at radius 3 is 2.17 bits per heavy atom. The van der Waals surface area contributed by atoms with Crippen LogP contribution in [0.5, 0.6) is 0 Å². The van der Waals surface area contributed by atoms with Crippen LogP contribution < -0.4 is 5.56 Å². The number of fused-ring (bicyclic) bond motifs is 1. The topological polar surface area (TPSA) is 58.4 Å². The molecule has 0 fully saturated rings. The highest BCUT2D eigenvalue weighted by Gasteiger charge is 2.30. The highest BCUT2D eigenvalue weighted by atomic mass is 32.2. The predicted octanol–water partition coefficient (Wildman–Crippen LogP) is 7.22. The van der Waals surface area contributed by atoms with Gasteiger partial charge in [0.1, 0.15) is 12.3 Å². The van der Waals surface area contributed by atoms with Crippen LogP contribution in [0.2, 0.25) is 0 Å². The lowest BCUT2D eigenvalue weighted by Gasteiger charge is -2.28. The first-order valence-electron chi connectivity index (χ1n) is 22.1. The zero-order valence-electron chi connectivity index (χ0n) is 40.9. The van der Waals surface area contributed by atoms with Gasteiger partial charge in [-0.2, -0.15) is 18.2 Å². The van der Waals surface area contributed by atoms with Crippen LogP contribution >= 0.6 is 11.8 Å². The molecular weight excluding hydrogens is 628 g/mol. The van der Waals surface area contributed by atoms with Gasteiger partial charge in [-0.05, 0) is 78.7 Å². The molecule has 0 unspecified atom stereocenters. The first-order valence-corrected chi connectivity index (χ1v) is 14.9. The lowest BCUT2D eigenvalue weighted by atomic mass is 10.0. The van der Waals surface area contributed by atoms with E-state index in [1.165, 1.54) is 26.0 Å². The minimum Gasteiger partial charge on any atom is -0.336 e. The van der Waals surface area contributed by atoms with E-state index < -0.39 is 107 Å². The maximum atomic E-state index is 15.1. The van der Waals surface area contributed by atoms with Crippen LogP contribution in [-0.2, 0) is 42.4 Å². The second kappa shape index (κ2) is 15.3. The minimum atomic E-state index is -4.66. The molecule has 0 saturated carbocycles. The number of carbonyl (C=O) groups excluding carboxylic acids is 1. The third-order valence-electron chi connectivity index (χ3n) is 6.70. The van der Waals surface area contributed by atoms with Crippen LogP contribution in [0.3, 0.4) is 0 Å². The van der Waals surface area contributed by atoms with Crippen molar-refractivity contribution in [1.82, 2.24) is 19.4 Å². The van der Waals surface area contributed by atoms with E-state index in [9.17, 15) is 27.8 Å². The number of aromatic nitrogens is 2. The van der Waals surface area contributed by atoms with Gasteiger partial charge in [0.2, 0.25) is 5.91 Å². The molecule has 1 aromatic heterocycles. The summed E-state index contributed by atoms with van der Waals surface area (Å²) in [6.07, 6.45) is -15.8. The summed E-state index contributed by atoms with van der Waals surface area (Å²) < 4.78 is 196. The zero-order chi connectivity index (χ0) is 47.9. The Labute approximate surface area is 298 Å². The fourth-order valence-electron chi connectivity index (χ4n) is 4.18. The summed E-state index contributed by atoms with van der Waals surface area (Å²) in [4.78, 5) is 32.7. The number of likely N-dealkylation sites (N-methyl/N-ethyl adjacent to an activating group) is 1. The van der Waals surface area contributed by atoms with Crippen LogP contribution in [0.25, 0.3) is 11.1 Å². The van der Waals surface area contributed by atoms with Gasteiger partial charge in [0, 0.05) is 50.2 Å². The molecule has 5 rings (SSSR count). The number of nitrogens with zero attached hydrogens (tertiary/aromatic N) is 4. The predicted molar refractivity (Wildman–Crippen MR) is 177 cm³/mol. The Bertz CT molecular complexity index is 2430. The molecule has 11 heteroatoms. The highest BCUT2D eigenvalue weighted by molar-refractivity contribution is 7.98. The number of hydrogen-bond acceptors (Lipinski definition) is 5. The molecule has 0 atom stereocenters. The first kappa shape index (κ1) is 19.1. The average Bonchev–Trinajstić information content (AvgIpc) is 3.27. The van der Waals surface area contributed by atoms with Crippen molar-refractivity contribution >= 4 is 17.7 Å². The van der Waals surface area contributed by atoms with E-state index in [2.05, 4.69) is 4.98 Å². The third kappa shape index (κ3) is 8.70. The molecule has 4 aromatic rings. The molecule has 248 valence electrons. The van der Waals surface area contributed by atoms with Crippen LogP contribution in [-0.4, -0.2) is 51.3 Å². The lowest BCUT2D eigenvalue weighted by molar-refractivity contribution is -0.137. The van der Waals surface area contributed by atoms with Crippen molar-refractivity contribution in [3.05, 3.63) is 117 Å². The highest BCUT2D eigenvalue weighted by Crippen LogP contribution is 2.31. The molecule has 0 N–H and O–H groups in total. The van der Waals surface area contributed by atoms with Crippen LogP contribution in [0.15, 0.2) is 82.7 Å². The normalized spacial score (nSPS) is 22.6. The van der Waals surface area contributed by atoms with E-state index in [1.807, 2.05) is 0 Å². The van der Waals surface area contributed by atoms with Gasteiger partial charge in [-0.3, -0.25) is 9.59 Å². The van der Waals surface area contributed by atoms with E-state index in [-0.39, 0.29) is 46.1 Å². The summed E-state index contributed by atoms with van der Waals surface area (Å²) in [7, 11) is 0. The molecule has 1 heterocycles. The smallest absolute Gasteiger partial charge is 0.336 e. The molecule has 0 spiro atoms. The van der Waals surface area contributed by atoms with Crippen molar-refractivity contribution in [3.8, 4) is 11.1 Å². The van der Waals surface area contributed by atoms with Gasteiger partial charge in [0.05, 0.1) is 13.8 Å². The molecule has 1 aliphatic rings. The Hall–Kier alpha value is -3.96. The van der Waals surface area contributed by atoms with Crippen molar-refractivity contribution < 1.29 is 44.3 Å². The largest absolute Gasteiger partial charge is 0.416 e. The fraction of sp³-hybridized carbons (Fsp3) is 0.361. The zero-order valence-corrected chi connectivity index (χ0v) is 25.7. The molecule has 0 saturated heterocycles. The molecule has 47 heavy (non-hydrogen) atoms. The summed E-state index contributed by atoms with van der Waals surface area (Å²) >= 11 is -0.192. The summed E-state index contributed by atoms with van der Waals surface area (Å²) in [6.45, 7) is -13.0. The Morgan fingerprint density at radius 1 is 0.936 bits per heavy atom. The lowest BCUT2D eigenvalue weighted by Crippen LogP contribution is -2.40. The minimum absolute atomic E-state index is 0.166. The summed E-state index contributed by atoms with van der Waals surface area (Å²) in [5, 5.41) is -1.27. The van der Waals surface area contributed by atoms with Gasteiger partial charge in [-0.1, -0.05) is 74.1 Å². The first-order chi connectivity index (χ1) is 28.6. The Balaban J connectivity index is 1.80. The van der Waals surface area contributed by atoms with Gasteiger partial charge in [0.15, 0.2) is 5.16 Å². The molecule has 6 nitrogen and oxygen atoms in total. The number of thioether (sulfide) groups is 1. The van der Waals surface area contributed by atoms with Crippen molar-refractivity contribution in [2.75, 3.05) is 26.1 Å². The Kier molecular flexibility index (Phi) is 6.23. The molecule has 1 amide bonds. The molecule has 0 aliphatic heterocycles. The number of benzene rings is 3. The van der Waals surface area contributed by atoms with Gasteiger partial charge in [-0.15, -0.1) is 0 Å². The molecule has 1 aliphatic carbocycles. The molecule has 3 aromatic carbocycles. The van der Waals surface area contributed by atoms with E-state index in [4.69, 9.17) is 16.4 Å². The van der Waals surface area contributed by atoms with Crippen molar-refractivity contribution in [2.45, 2.75) is 63.0 Å². The second-order valence-electron chi connectivity index (χ2n) is 9.76. The average molecular weight is 683 g/mol. The summed E-state index contributed by atoms with van der Waals surface area (Å²) in [5.74, 6) is -3.19. The fourth-order valence-corrected chi connectivity index (χ4v) is 4.88. The van der Waals surface area contributed by atoms with Gasteiger partial charge in [-0.25, -0.2) is 4.39 Å². The quantitative estimate of drug-likeness (QED) is 0.0847. The van der Waals surface area contributed by atoms with Crippen LogP contribution in [0, 0.1) is 5.82 Å². The standard InChI is InChI=1S/C36H38F4N4O2S/c1-3-42(4-2)20-21-43(22-25-8-12-27(13-9-25)28-14-16-29(17-15-28)36(38,39)40)33(45)23-44-32-7-5-6-31(32)34(46)41-35(44)47-24-26-10-18-30(37)19-11-26/h8-19H,3-7,20-24H2,1-2H3/i5D2,6D2,7D2,20D2,21D2,22D2,23D2,24D2. The van der Waals surface area contributed by atoms with Gasteiger partial charge in [0.25, 0.3) is 5.56 Å². The Morgan fingerprint density at radius 2 is 1.55 bits per heavy atom. The van der Waals surface area contributed by atoms with Gasteiger partial charge < -0.3 is 14.4 Å². The van der Waals surface area contributed by atoms with E-state index in [0.29, 0.717) is 0 Å². The van der Waals surface area contributed by atoms with Crippen LogP contribution in [0.4, 0.5) is 17.6 Å². The molecule has 0 bridgehead atoms. The van der Waals surface area contributed by atoms with Crippen LogP contribution in [0.1, 0.15) is 70.1 Å². The number of carbonyl (C=O) groups is 1. The van der Waals surface area contributed by atoms with Crippen molar-refractivity contribution in [3.63, 3.8) is 0 Å². The van der Waals surface area contributed by atoms with Gasteiger partial charge >= 0.3 is 6.18 Å².